The van der Waals surface area contributed by atoms with Gasteiger partial charge in [0, 0.05) is 33.5 Å². The fourth-order valence-electron chi connectivity index (χ4n) is 14.9. The molecule has 13 aromatic carbocycles. The zero-order valence-electron chi connectivity index (χ0n) is 47.5. The van der Waals surface area contributed by atoms with Crippen LogP contribution in [0.3, 0.4) is 0 Å². The predicted molar refractivity (Wildman–Crippen MR) is 351 cm³/mol. The fraction of sp³-hybridized carbons (Fsp3) is 0.0602. The molecule has 13 aromatic rings. The van der Waals surface area contributed by atoms with Gasteiger partial charge in [0.2, 0.25) is 0 Å². The highest BCUT2D eigenvalue weighted by atomic mass is 16.5. The van der Waals surface area contributed by atoms with Crippen molar-refractivity contribution in [1.29, 1.82) is 0 Å². The molecule has 85 heavy (non-hydrogen) atoms. The molecule has 0 bridgehead atoms. The van der Waals surface area contributed by atoms with Gasteiger partial charge < -0.3 is 9.64 Å². The third-order valence-corrected chi connectivity index (χ3v) is 18.7. The smallest absolute Gasteiger partial charge is 0.132 e. The van der Waals surface area contributed by atoms with Gasteiger partial charge in [-0.1, -0.05) is 281 Å². The first-order chi connectivity index (χ1) is 41.9. The Hall–Kier alpha value is -10.5. The zero-order chi connectivity index (χ0) is 56.7. The molecule has 1 aliphatic heterocycles. The van der Waals surface area contributed by atoms with E-state index in [-0.39, 0.29) is 5.41 Å². The first-order valence-electron chi connectivity index (χ1n) is 29.6. The summed E-state index contributed by atoms with van der Waals surface area (Å²) in [6.45, 7) is 4.72. The van der Waals surface area contributed by atoms with Crippen molar-refractivity contribution in [2.45, 2.75) is 30.1 Å². The van der Waals surface area contributed by atoms with Crippen LogP contribution in [0.1, 0.15) is 69.5 Å². The van der Waals surface area contributed by atoms with Crippen LogP contribution < -0.4 is 9.64 Å². The number of hydrogen-bond donors (Lipinski definition) is 0. The summed E-state index contributed by atoms with van der Waals surface area (Å²) in [6.07, 6.45) is 0. The number of fused-ring (bicyclic) bond motifs is 8. The Morgan fingerprint density at radius 3 is 1.27 bits per heavy atom. The van der Waals surface area contributed by atoms with Crippen molar-refractivity contribution in [3.63, 3.8) is 0 Å². The molecule has 16 rings (SSSR count). The predicted octanol–water partition coefficient (Wildman–Crippen LogP) is 21.3. The summed E-state index contributed by atoms with van der Waals surface area (Å²) in [4.78, 5) is 2.48. The van der Waals surface area contributed by atoms with Crippen LogP contribution in [-0.2, 0) is 16.2 Å². The lowest BCUT2D eigenvalue weighted by Gasteiger charge is -2.41. The SMILES string of the molecule is CC1(C)c2ccccc2-c2ccc(-c3ccc(N(c4cccc(-c5ccc6c(c5)C(c5ccccc5)(c5ccccc5)c5ccccc5O6)c4)c4ccccc4-c4ccccc4C4(c5ccccc5)c5ccccc5-c5ccccc54)cc3)cc21. The van der Waals surface area contributed by atoms with E-state index >= 15 is 0 Å². The minimum absolute atomic E-state index is 0.106. The van der Waals surface area contributed by atoms with Crippen LogP contribution in [0.4, 0.5) is 17.1 Å². The van der Waals surface area contributed by atoms with Gasteiger partial charge in [-0.2, -0.15) is 0 Å². The highest BCUT2D eigenvalue weighted by Crippen LogP contribution is 2.60. The van der Waals surface area contributed by atoms with Crippen molar-refractivity contribution < 1.29 is 4.74 Å². The molecule has 0 saturated carbocycles. The van der Waals surface area contributed by atoms with Gasteiger partial charge in [0.1, 0.15) is 11.5 Å². The van der Waals surface area contributed by atoms with Gasteiger partial charge in [-0.3, -0.25) is 0 Å². The fourth-order valence-corrected chi connectivity index (χ4v) is 14.9. The van der Waals surface area contributed by atoms with Crippen LogP contribution in [0.15, 0.2) is 322 Å². The summed E-state index contributed by atoms with van der Waals surface area (Å²) in [5.74, 6) is 1.71. The normalized spacial score (nSPS) is 14.1. The second-order valence-electron chi connectivity index (χ2n) is 23.4. The molecule has 2 heteroatoms. The number of para-hydroxylation sites is 2. The average Bonchev–Trinajstić information content (AvgIpc) is 1.76. The first-order valence-corrected chi connectivity index (χ1v) is 29.6. The van der Waals surface area contributed by atoms with Crippen LogP contribution in [-0.4, -0.2) is 0 Å². The van der Waals surface area contributed by atoms with E-state index in [4.69, 9.17) is 4.74 Å². The minimum atomic E-state index is -0.656. The van der Waals surface area contributed by atoms with Crippen molar-refractivity contribution in [2.75, 3.05) is 4.90 Å². The standard InChI is InChI=1S/C83H59NO/c1-81(2)71-38-17-12-33-65(71)69-51-47-58(54-76(69)81)56-45-49-63(50-46-56)84(78-43-22-16-37-70(78)68-36-15-20-41-74(68)83(62-30-10-5-11-31-62)72-39-18-13-34-66(72)67-35-14-19-40-73(67)83)64-32-24-25-57(53-64)59-48-52-80-77(55-59)82(60-26-6-3-7-27-60,61-28-8-4-9-29-61)75-42-21-23-44-79(75)85-80/h3-55H,1-2H3. The van der Waals surface area contributed by atoms with Crippen molar-refractivity contribution in [2.24, 2.45) is 0 Å². The molecule has 2 nitrogen and oxygen atoms in total. The lowest BCUT2D eigenvalue weighted by atomic mass is 9.63. The Balaban J connectivity index is 0.890. The van der Waals surface area contributed by atoms with E-state index in [0.29, 0.717) is 0 Å². The Labute approximate surface area is 498 Å². The van der Waals surface area contributed by atoms with Crippen molar-refractivity contribution >= 4 is 17.1 Å². The van der Waals surface area contributed by atoms with E-state index in [1.54, 1.807) is 0 Å². The Morgan fingerprint density at radius 1 is 0.247 bits per heavy atom. The molecule has 402 valence electrons. The monoisotopic (exact) mass is 1090 g/mol. The summed E-state index contributed by atoms with van der Waals surface area (Å²) in [5.41, 5.74) is 26.2. The lowest BCUT2D eigenvalue weighted by Crippen LogP contribution is -2.34. The summed E-state index contributed by atoms with van der Waals surface area (Å²) >= 11 is 0. The van der Waals surface area contributed by atoms with Gasteiger partial charge >= 0.3 is 0 Å². The van der Waals surface area contributed by atoms with E-state index in [9.17, 15) is 0 Å². The van der Waals surface area contributed by atoms with Crippen molar-refractivity contribution in [3.8, 4) is 67.1 Å². The zero-order valence-corrected chi connectivity index (χ0v) is 47.5. The molecule has 3 aliphatic rings. The molecule has 0 unspecified atom stereocenters. The molecule has 0 saturated heterocycles. The molecule has 1 heterocycles. The Kier molecular flexibility index (Phi) is 11.7. The summed E-state index contributed by atoms with van der Waals surface area (Å²) in [5, 5.41) is 0. The van der Waals surface area contributed by atoms with Crippen molar-refractivity contribution in [1.82, 2.24) is 0 Å². The maximum atomic E-state index is 6.90. The number of anilines is 3. The van der Waals surface area contributed by atoms with Gasteiger partial charge in [-0.15, -0.1) is 0 Å². The first kappa shape index (κ1) is 50.2. The molecule has 0 spiro atoms. The third kappa shape index (κ3) is 7.65. The number of hydrogen-bond acceptors (Lipinski definition) is 2. The average molecular weight is 1090 g/mol. The van der Waals surface area contributed by atoms with Gasteiger partial charge in [0.05, 0.1) is 16.5 Å². The van der Waals surface area contributed by atoms with Crippen LogP contribution >= 0.6 is 0 Å². The second-order valence-corrected chi connectivity index (χ2v) is 23.4. The molecule has 0 atom stereocenters. The highest BCUT2D eigenvalue weighted by molar-refractivity contribution is 5.95. The van der Waals surface area contributed by atoms with Crippen LogP contribution in [0.5, 0.6) is 11.5 Å². The molecular weight excluding hydrogens is 1030 g/mol. The van der Waals surface area contributed by atoms with Gasteiger partial charge in [0.25, 0.3) is 0 Å². The maximum absolute atomic E-state index is 6.90. The number of nitrogens with zero attached hydrogens (tertiary/aromatic N) is 1. The minimum Gasteiger partial charge on any atom is -0.457 e. The molecule has 0 N–H and O–H groups in total. The summed E-state index contributed by atoms with van der Waals surface area (Å²) < 4.78 is 6.90. The largest absolute Gasteiger partial charge is 0.457 e. The van der Waals surface area contributed by atoms with Crippen molar-refractivity contribution in [3.05, 3.63) is 377 Å². The van der Waals surface area contributed by atoms with Gasteiger partial charge in [-0.05, 0) is 149 Å². The van der Waals surface area contributed by atoms with E-state index < -0.39 is 10.8 Å². The topological polar surface area (TPSA) is 12.5 Å². The van der Waals surface area contributed by atoms with E-state index in [1.807, 2.05) is 0 Å². The van der Waals surface area contributed by atoms with E-state index in [2.05, 4.69) is 340 Å². The number of rotatable bonds is 10. The Morgan fingerprint density at radius 2 is 0.659 bits per heavy atom. The molecule has 0 radical (unpaired) electrons. The maximum Gasteiger partial charge on any atom is 0.132 e. The highest BCUT2D eigenvalue weighted by Gasteiger charge is 2.48. The van der Waals surface area contributed by atoms with Crippen LogP contribution in [0.25, 0.3) is 55.6 Å². The molecular formula is C83H59NO. The Bertz CT molecular complexity index is 4630. The summed E-state index contributed by atoms with van der Waals surface area (Å²) in [7, 11) is 0. The van der Waals surface area contributed by atoms with Crippen LogP contribution in [0.2, 0.25) is 0 Å². The summed E-state index contributed by atoms with van der Waals surface area (Å²) in [6, 6.07) is 119. The second kappa shape index (κ2) is 19.8. The van der Waals surface area contributed by atoms with Crippen LogP contribution in [0, 0.1) is 0 Å². The van der Waals surface area contributed by atoms with E-state index in [1.165, 1.54) is 83.5 Å². The quantitative estimate of drug-likeness (QED) is 0.135. The van der Waals surface area contributed by atoms with Gasteiger partial charge in [-0.25, -0.2) is 0 Å². The molecule has 0 fully saturated rings. The molecule has 0 amide bonds. The third-order valence-electron chi connectivity index (χ3n) is 18.7. The lowest BCUT2D eigenvalue weighted by molar-refractivity contribution is 0.434. The number of benzene rings is 13. The molecule has 0 aromatic heterocycles. The van der Waals surface area contributed by atoms with E-state index in [0.717, 1.165) is 56.4 Å². The van der Waals surface area contributed by atoms with Gasteiger partial charge in [0.15, 0.2) is 0 Å². The number of ether oxygens (including phenoxy) is 1. The molecule has 2 aliphatic carbocycles.